The minimum Gasteiger partial charge on any atom is -0.339 e. The predicted molar refractivity (Wildman–Crippen MR) is 120 cm³/mol. The van der Waals surface area contributed by atoms with Crippen molar-refractivity contribution in [3.8, 4) is 0 Å². The number of likely N-dealkylation sites (N-methyl/N-ethyl adjacent to an activating group) is 1. The summed E-state index contributed by atoms with van der Waals surface area (Å²) in [6.45, 7) is 5.73. The van der Waals surface area contributed by atoms with E-state index in [1.165, 1.54) is 17.7 Å². The Labute approximate surface area is 187 Å². The first-order valence-electron chi connectivity index (χ1n) is 10.3. The molecule has 1 aliphatic rings. The minimum absolute atomic E-state index is 0.00123. The first kappa shape index (κ1) is 23.2. The van der Waals surface area contributed by atoms with Crippen molar-refractivity contribution >= 4 is 29.1 Å². The molecule has 3 rings (SSSR count). The third kappa shape index (κ3) is 6.50. The number of amides is 2. The van der Waals surface area contributed by atoms with Crippen molar-refractivity contribution in [1.82, 2.24) is 14.7 Å². The zero-order chi connectivity index (χ0) is 22.4. The molecule has 1 N–H and O–H groups in total. The second-order valence-electron chi connectivity index (χ2n) is 7.85. The van der Waals surface area contributed by atoms with Crippen LogP contribution in [0.1, 0.15) is 12.5 Å². The predicted octanol–water partition coefficient (Wildman–Crippen LogP) is 3.08. The van der Waals surface area contributed by atoms with Crippen LogP contribution >= 0.6 is 11.6 Å². The zero-order valence-electron chi connectivity index (χ0n) is 17.9. The van der Waals surface area contributed by atoms with Gasteiger partial charge < -0.3 is 10.2 Å². The van der Waals surface area contributed by atoms with Crippen LogP contribution in [0, 0.1) is 5.82 Å². The van der Waals surface area contributed by atoms with E-state index in [0.717, 1.165) is 25.7 Å². The molecule has 166 valence electrons. The molecule has 0 spiro atoms. The standard InChI is InChI=1S/C23H28ClFN4O2/c1-17(23(31)26-21-9-8-19(25)14-20(21)24)27(2)16-22(30)29-12-10-28(11-13-29)15-18-6-4-3-5-7-18/h3-9,14,17H,10-13,15-16H2,1-2H3,(H,26,31). The second-order valence-corrected chi connectivity index (χ2v) is 8.25. The summed E-state index contributed by atoms with van der Waals surface area (Å²) in [6, 6.07) is 13.5. The number of hydrogen-bond acceptors (Lipinski definition) is 4. The van der Waals surface area contributed by atoms with Gasteiger partial charge in [-0.1, -0.05) is 41.9 Å². The van der Waals surface area contributed by atoms with Gasteiger partial charge in [0.15, 0.2) is 0 Å². The lowest BCUT2D eigenvalue weighted by Crippen LogP contribution is -2.52. The summed E-state index contributed by atoms with van der Waals surface area (Å²) in [5.74, 6) is -0.777. The molecule has 1 atom stereocenters. The van der Waals surface area contributed by atoms with Gasteiger partial charge in [-0.25, -0.2) is 4.39 Å². The van der Waals surface area contributed by atoms with Gasteiger partial charge in [0.25, 0.3) is 0 Å². The van der Waals surface area contributed by atoms with Crippen molar-refractivity contribution in [1.29, 1.82) is 0 Å². The number of nitrogens with one attached hydrogen (secondary N) is 1. The van der Waals surface area contributed by atoms with Gasteiger partial charge in [-0.15, -0.1) is 0 Å². The summed E-state index contributed by atoms with van der Waals surface area (Å²) in [5, 5.41) is 2.82. The molecule has 2 aromatic carbocycles. The summed E-state index contributed by atoms with van der Waals surface area (Å²) in [7, 11) is 1.74. The summed E-state index contributed by atoms with van der Waals surface area (Å²) in [5.41, 5.74) is 1.61. The van der Waals surface area contributed by atoms with Gasteiger partial charge in [-0.2, -0.15) is 0 Å². The maximum absolute atomic E-state index is 13.2. The summed E-state index contributed by atoms with van der Waals surface area (Å²) < 4.78 is 13.2. The Morgan fingerprint density at radius 2 is 1.81 bits per heavy atom. The maximum Gasteiger partial charge on any atom is 0.241 e. The lowest BCUT2D eigenvalue weighted by atomic mass is 10.2. The molecule has 8 heteroatoms. The van der Waals surface area contributed by atoms with Crippen LogP contribution in [0.2, 0.25) is 5.02 Å². The van der Waals surface area contributed by atoms with E-state index in [2.05, 4.69) is 22.3 Å². The van der Waals surface area contributed by atoms with E-state index in [4.69, 9.17) is 11.6 Å². The Morgan fingerprint density at radius 1 is 1.13 bits per heavy atom. The molecule has 2 aromatic rings. The van der Waals surface area contributed by atoms with E-state index in [9.17, 15) is 14.0 Å². The van der Waals surface area contributed by atoms with Crippen LogP contribution < -0.4 is 5.32 Å². The van der Waals surface area contributed by atoms with E-state index in [1.54, 1.807) is 18.9 Å². The molecule has 0 bridgehead atoms. The summed E-state index contributed by atoms with van der Waals surface area (Å²) in [6.07, 6.45) is 0. The molecule has 0 radical (unpaired) electrons. The highest BCUT2D eigenvalue weighted by Gasteiger charge is 2.25. The number of anilines is 1. The third-order valence-electron chi connectivity index (χ3n) is 5.59. The Hall–Kier alpha value is -2.48. The van der Waals surface area contributed by atoms with E-state index in [0.29, 0.717) is 18.8 Å². The van der Waals surface area contributed by atoms with Crippen LogP contribution in [0.3, 0.4) is 0 Å². The number of carbonyl (C=O) groups excluding carboxylic acids is 2. The third-order valence-corrected chi connectivity index (χ3v) is 5.90. The summed E-state index contributed by atoms with van der Waals surface area (Å²) >= 11 is 5.97. The van der Waals surface area contributed by atoms with Crippen LogP contribution in [-0.4, -0.2) is 72.3 Å². The highest BCUT2D eigenvalue weighted by atomic mass is 35.5. The Morgan fingerprint density at radius 3 is 2.45 bits per heavy atom. The van der Waals surface area contributed by atoms with Crippen molar-refractivity contribution < 1.29 is 14.0 Å². The van der Waals surface area contributed by atoms with Crippen LogP contribution in [0.4, 0.5) is 10.1 Å². The van der Waals surface area contributed by atoms with Crippen molar-refractivity contribution in [3.05, 3.63) is 64.9 Å². The van der Waals surface area contributed by atoms with Crippen molar-refractivity contribution in [2.24, 2.45) is 0 Å². The Bertz CT molecular complexity index is 904. The van der Waals surface area contributed by atoms with Crippen LogP contribution in [0.25, 0.3) is 0 Å². The number of piperazine rings is 1. The van der Waals surface area contributed by atoms with Gasteiger partial charge in [0.2, 0.25) is 11.8 Å². The molecular weight excluding hydrogens is 419 g/mol. The smallest absolute Gasteiger partial charge is 0.241 e. The number of hydrogen-bond donors (Lipinski definition) is 1. The number of halogens is 2. The maximum atomic E-state index is 13.2. The van der Waals surface area contributed by atoms with Gasteiger partial charge in [0.05, 0.1) is 23.3 Å². The molecule has 1 unspecified atom stereocenters. The second kappa shape index (κ2) is 10.7. The normalized spacial score (nSPS) is 15.7. The van der Waals surface area contributed by atoms with Gasteiger partial charge in [-0.3, -0.25) is 19.4 Å². The molecule has 1 saturated heterocycles. The lowest BCUT2D eigenvalue weighted by molar-refractivity contribution is -0.135. The van der Waals surface area contributed by atoms with Crippen LogP contribution in [-0.2, 0) is 16.1 Å². The monoisotopic (exact) mass is 446 g/mol. The van der Waals surface area contributed by atoms with E-state index < -0.39 is 11.9 Å². The molecule has 1 aliphatic heterocycles. The fourth-order valence-electron chi connectivity index (χ4n) is 3.48. The van der Waals surface area contributed by atoms with Gasteiger partial charge in [-0.05, 0) is 37.7 Å². The van der Waals surface area contributed by atoms with Gasteiger partial charge in [0.1, 0.15) is 5.82 Å². The van der Waals surface area contributed by atoms with Gasteiger partial charge in [0, 0.05) is 32.7 Å². The van der Waals surface area contributed by atoms with Crippen LogP contribution in [0.15, 0.2) is 48.5 Å². The highest BCUT2D eigenvalue weighted by molar-refractivity contribution is 6.33. The Kier molecular flexibility index (Phi) is 8.01. The van der Waals surface area contributed by atoms with E-state index in [-0.39, 0.29) is 23.4 Å². The van der Waals surface area contributed by atoms with Crippen molar-refractivity contribution in [2.45, 2.75) is 19.5 Å². The molecule has 0 aliphatic carbocycles. The fourth-order valence-corrected chi connectivity index (χ4v) is 3.69. The van der Waals surface area contributed by atoms with E-state index >= 15 is 0 Å². The minimum atomic E-state index is -0.551. The lowest BCUT2D eigenvalue weighted by Gasteiger charge is -2.36. The molecule has 1 fully saturated rings. The average molecular weight is 447 g/mol. The fraction of sp³-hybridized carbons (Fsp3) is 0.391. The van der Waals surface area contributed by atoms with Crippen molar-refractivity contribution in [2.75, 3.05) is 45.1 Å². The topological polar surface area (TPSA) is 55.9 Å². The SMILES string of the molecule is CC(C(=O)Nc1ccc(F)cc1Cl)N(C)CC(=O)N1CCN(Cc2ccccc2)CC1. The van der Waals surface area contributed by atoms with Crippen LogP contribution in [0.5, 0.6) is 0 Å². The largest absolute Gasteiger partial charge is 0.339 e. The summed E-state index contributed by atoms with van der Waals surface area (Å²) in [4.78, 5) is 31.1. The number of rotatable bonds is 7. The molecular formula is C23H28ClFN4O2. The molecule has 31 heavy (non-hydrogen) atoms. The first-order valence-corrected chi connectivity index (χ1v) is 10.7. The Balaban J connectivity index is 1.45. The number of carbonyl (C=O) groups is 2. The molecule has 1 heterocycles. The molecule has 6 nitrogen and oxygen atoms in total. The molecule has 0 saturated carbocycles. The highest BCUT2D eigenvalue weighted by Crippen LogP contribution is 2.22. The average Bonchev–Trinajstić information content (AvgIpc) is 2.76. The van der Waals surface area contributed by atoms with Gasteiger partial charge >= 0.3 is 0 Å². The quantitative estimate of drug-likeness (QED) is 0.710. The zero-order valence-corrected chi connectivity index (χ0v) is 18.6. The van der Waals surface area contributed by atoms with Crippen molar-refractivity contribution in [3.63, 3.8) is 0 Å². The number of nitrogens with zero attached hydrogens (tertiary/aromatic N) is 3. The first-order chi connectivity index (χ1) is 14.8. The number of benzene rings is 2. The molecule has 0 aromatic heterocycles. The molecule has 2 amide bonds. The van der Waals surface area contributed by atoms with E-state index in [1.807, 2.05) is 23.1 Å².